The van der Waals surface area contributed by atoms with Crippen molar-refractivity contribution in [1.82, 2.24) is 55.7 Å². The normalized spacial score (nSPS) is 12.2. The van der Waals surface area contributed by atoms with Crippen LogP contribution in [0.4, 0.5) is 22.2 Å². The third kappa shape index (κ3) is 20.0. The molecule has 27 nitrogen and oxygen atoms in total. The molecule has 6 rings (SSSR count). The summed E-state index contributed by atoms with van der Waals surface area (Å²) in [6.45, 7) is 8.61. The van der Waals surface area contributed by atoms with Crippen molar-refractivity contribution < 1.29 is 57.9 Å². The van der Waals surface area contributed by atoms with Crippen molar-refractivity contribution in [3.05, 3.63) is 82.2 Å². The zero-order valence-electron chi connectivity index (χ0n) is 45.8. The van der Waals surface area contributed by atoms with Gasteiger partial charge in [0.05, 0.1) is 69.1 Å². The highest BCUT2D eigenvalue weighted by Gasteiger charge is 2.26. The van der Waals surface area contributed by atoms with Crippen molar-refractivity contribution in [3.63, 3.8) is 0 Å². The number of nitrogen functional groups attached to an aromatic ring is 2. The smallest absolute Gasteiger partial charge is 0.407 e. The second-order valence-electron chi connectivity index (χ2n) is 19.4. The van der Waals surface area contributed by atoms with Crippen LogP contribution in [0.15, 0.2) is 59.5 Å². The number of rotatable bonds is 36. The highest BCUT2D eigenvalue weighted by atomic mass is 33.1. The summed E-state index contributed by atoms with van der Waals surface area (Å²) in [5, 5.41) is 33.9. The van der Waals surface area contributed by atoms with Gasteiger partial charge in [-0.25, -0.2) is 34.3 Å². The van der Waals surface area contributed by atoms with E-state index < -0.39 is 58.8 Å². The molecular weight excluding hydrogens is 1100 g/mol. The SMILES string of the molecule is CCCCc1nc2c(N)nc3ccccc3c2n1CC(C)(C)CNC(=O)OCCSSC[C@H](NC(=O)CCOCCOCCOCCNC(=O)CCC(NC(=O)c1ccc(NCc2cnc3nc(N)[nH]c(=O)c3n2)cc1)C(=O)O)C(=O)O. The van der Waals surface area contributed by atoms with Crippen LogP contribution in [-0.4, -0.2) is 163 Å². The molecule has 2 atom stereocenters. The van der Waals surface area contributed by atoms with Gasteiger partial charge in [-0.05, 0) is 43.2 Å². The number of carboxylic acids is 2. The zero-order valence-corrected chi connectivity index (χ0v) is 47.5. The van der Waals surface area contributed by atoms with Gasteiger partial charge in [-0.15, -0.1) is 0 Å². The van der Waals surface area contributed by atoms with Gasteiger partial charge < -0.3 is 71.8 Å². The molecule has 0 saturated heterocycles. The molecule has 6 aromatic rings. The molecule has 82 heavy (non-hydrogen) atoms. The number of nitrogens with two attached hydrogens (primary N) is 2. The second kappa shape index (κ2) is 32.0. The standard InChI is InChI=1S/C53H70N14O13S2/c1-4-5-10-39-64-42-44(35-8-6-7-9-36(35)62-45(42)54)67(39)31-53(2,3)30-59-52(76)80-25-26-81-82-29-38(50(74)75)61-41(69)17-19-77-21-23-79-24-22-78-20-18-56-40(68)16-15-37(49(72)73)63-47(70)32-11-13-33(14-12-32)57-27-34-28-58-46-43(60-34)48(71)66-51(55)65-46/h6-9,11-14,28,37-38,57H,4-5,10,15-27,29-31H2,1-3H3,(H2,54,62)(H,56,68)(H,59,76)(H,61,69)(H,63,70)(H,72,73)(H,74,75)(H3,55,58,65,66,71)/t37?,38-/m0/s1. The average Bonchev–Trinajstić information content (AvgIpc) is 3.81. The molecule has 0 aliphatic rings. The van der Waals surface area contributed by atoms with Gasteiger partial charge in [0.2, 0.25) is 17.8 Å². The number of H-pyrrole nitrogens is 1. The fourth-order valence-electron chi connectivity index (χ4n) is 8.05. The van der Waals surface area contributed by atoms with Crippen LogP contribution in [-0.2, 0) is 57.6 Å². The van der Waals surface area contributed by atoms with Gasteiger partial charge in [-0.3, -0.25) is 24.2 Å². The zero-order chi connectivity index (χ0) is 59.0. The Morgan fingerprint density at radius 2 is 1.51 bits per heavy atom. The van der Waals surface area contributed by atoms with Crippen molar-refractivity contribution in [2.75, 3.05) is 87.6 Å². The number of aryl methyl sites for hydroxylation is 1. The lowest BCUT2D eigenvalue weighted by Crippen LogP contribution is -2.42. The number of unbranched alkanes of at least 4 members (excludes halogenated alkanes) is 1. The van der Waals surface area contributed by atoms with Gasteiger partial charge in [-0.1, -0.05) is 67.0 Å². The number of nitrogens with one attached hydrogen (secondary N) is 6. The number of hydrogen-bond donors (Lipinski definition) is 10. The van der Waals surface area contributed by atoms with Crippen molar-refractivity contribution in [3.8, 4) is 0 Å². The number of anilines is 3. The summed E-state index contributed by atoms with van der Waals surface area (Å²) in [6, 6.07) is 11.6. The minimum atomic E-state index is -1.32. The Morgan fingerprint density at radius 3 is 2.24 bits per heavy atom. The Balaban J connectivity index is 0.745. The molecule has 4 aromatic heterocycles. The second-order valence-corrected chi connectivity index (χ2v) is 22.0. The molecule has 0 aliphatic heterocycles. The number of fused-ring (bicyclic) bond motifs is 4. The molecule has 442 valence electrons. The van der Waals surface area contributed by atoms with Crippen LogP contribution in [0.3, 0.4) is 0 Å². The fraction of sp³-hybridized carbons (Fsp3) is 0.472. The maximum absolute atomic E-state index is 12.9. The Hall–Kier alpha value is -7.86. The Bertz CT molecular complexity index is 3200. The Labute approximate surface area is 479 Å². The third-order valence-electron chi connectivity index (χ3n) is 12.2. The summed E-state index contributed by atoms with van der Waals surface area (Å²) < 4.78 is 24.0. The summed E-state index contributed by atoms with van der Waals surface area (Å²) in [4.78, 5) is 110. The molecule has 1 unspecified atom stereocenters. The fourth-order valence-corrected chi connectivity index (χ4v) is 10.0. The van der Waals surface area contributed by atoms with Crippen LogP contribution in [0.25, 0.3) is 33.1 Å². The number of carbonyl (C=O) groups excluding carboxylic acids is 4. The molecule has 4 heterocycles. The predicted octanol–water partition coefficient (Wildman–Crippen LogP) is 3.65. The number of amides is 4. The number of pyridine rings is 1. The molecule has 0 fully saturated rings. The van der Waals surface area contributed by atoms with E-state index in [-0.39, 0.29) is 107 Å². The summed E-state index contributed by atoms with van der Waals surface area (Å²) in [7, 11) is 2.55. The molecule has 0 radical (unpaired) electrons. The summed E-state index contributed by atoms with van der Waals surface area (Å²) in [5.41, 5.74) is 14.8. The van der Waals surface area contributed by atoms with Gasteiger partial charge in [0, 0.05) is 72.5 Å². The van der Waals surface area contributed by atoms with Crippen molar-refractivity contribution >= 4 is 108 Å². The number of alkyl carbamates (subject to hydrolysis) is 1. The van der Waals surface area contributed by atoms with E-state index in [4.69, 9.17) is 35.4 Å². The van der Waals surface area contributed by atoms with Gasteiger partial charge in [0.25, 0.3) is 11.5 Å². The lowest BCUT2D eigenvalue weighted by molar-refractivity contribution is -0.141. The van der Waals surface area contributed by atoms with Crippen LogP contribution >= 0.6 is 21.6 Å². The summed E-state index contributed by atoms with van der Waals surface area (Å²) in [5.74, 6) is -2.34. The molecule has 12 N–H and O–H groups in total. The molecule has 29 heteroatoms. The molecule has 4 amide bonds. The lowest BCUT2D eigenvalue weighted by Gasteiger charge is -2.27. The maximum atomic E-state index is 12.9. The van der Waals surface area contributed by atoms with Crippen molar-refractivity contribution in [2.24, 2.45) is 5.41 Å². The first-order valence-corrected chi connectivity index (χ1v) is 29.0. The summed E-state index contributed by atoms with van der Waals surface area (Å²) in [6.07, 6.45) is 3.24. The number of benzene rings is 2. The van der Waals surface area contributed by atoms with E-state index in [0.29, 0.717) is 41.6 Å². The molecule has 0 aliphatic carbocycles. The van der Waals surface area contributed by atoms with Crippen LogP contribution < -0.4 is 43.6 Å². The maximum Gasteiger partial charge on any atom is 0.407 e. The van der Waals surface area contributed by atoms with Crippen molar-refractivity contribution in [2.45, 2.75) is 84.5 Å². The number of hydrogen-bond acceptors (Lipinski definition) is 21. The molecule has 0 saturated carbocycles. The predicted molar refractivity (Wildman–Crippen MR) is 310 cm³/mol. The molecule has 0 bridgehead atoms. The van der Waals surface area contributed by atoms with E-state index in [0.717, 1.165) is 41.5 Å². The largest absolute Gasteiger partial charge is 0.480 e. The average molecular weight is 1180 g/mol. The first kappa shape index (κ1) is 63.3. The number of carbonyl (C=O) groups is 6. The molecule has 2 aromatic carbocycles. The van der Waals surface area contributed by atoms with E-state index in [1.807, 2.05) is 24.3 Å². The van der Waals surface area contributed by atoms with E-state index in [2.05, 4.69) is 76.8 Å². The molecular formula is C53H70N14O13S2. The number of para-hydroxylation sites is 1. The number of aliphatic carboxylic acids is 2. The summed E-state index contributed by atoms with van der Waals surface area (Å²) >= 11 is 0. The minimum Gasteiger partial charge on any atom is -0.480 e. The van der Waals surface area contributed by atoms with Crippen LogP contribution in [0.5, 0.6) is 0 Å². The monoisotopic (exact) mass is 1170 g/mol. The van der Waals surface area contributed by atoms with Gasteiger partial charge >= 0.3 is 18.0 Å². The van der Waals surface area contributed by atoms with Crippen LogP contribution in [0, 0.1) is 5.41 Å². The first-order valence-electron chi connectivity index (χ1n) is 26.5. The lowest BCUT2D eigenvalue weighted by atomic mass is 9.93. The third-order valence-corrected chi connectivity index (χ3v) is 14.6. The highest BCUT2D eigenvalue weighted by Crippen LogP contribution is 2.32. The highest BCUT2D eigenvalue weighted by molar-refractivity contribution is 8.76. The van der Waals surface area contributed by atoms with E-state index in [9.17, 15) is 43.8 Å². The number of imidazole rings is 1. The Kier molecular flexibility index (Phi) is 24.7. The van der Waals surface area contributed by atoms with E-state index >= 15 is 0 Å². The molecule has 0 spiro atoms. The van der Waals surface area contributed by atoms with E-state index in [1.54, 1.807) is 12.1 Å². The number of nitrogens with zero attached hydrogens (tertiary/aromatic N) is 6. The number of aromatic nitrogens is 7. The number of aromatic amines is 1. The van der Waals surface area contributed by atoms with Gasteiger partial charge in [0.1, 0.15) is 30.0 Å². The minimum absolute atomic E-state index is 0.0367. The topological polar surface area (TPSA) is 394 Å². The van der Waals surface area contributed by atoms with Gasteiger partial charge in [-0.2, -0.15) is 4.98 Å². The van der Waals surface area contributed by atoms with Crippen molar-refractivity contribution in [1.29, 1.82) is 0 Å². The van der Waals surface area contributed by atoms with Crippen LogP contribution in [0.2, 0.25) is 0 Å². The van der Waals surface area contributed by atoms with E-state index in [1.165, 1.54) is 39.9 Å². The van der Waals surface area contributed by atoms with Gasteiger partial charge in [0.15, 0.2) is 17.0 Å². The first-order chi connectivity index (χ1) is 39.4. The number of ether oxygens (including phenoxy) is 4. The number of carboxylic acid groups (broad SMARTS) is 2. The van der Waals surface area contributed by atoms with Crippen LogP contribution in [0.1, 0.15) is 74.8 Å². The quantitative estimate of drug-likeness (QED) is 0.0198. The Morgan fingerprint density at radius 1 is 0.793 bits per heavy atom.